The number of ether oxygens (including phenoxy) is 1. The van der Waals surface area contributed by atoms with Crippen molar-refractivity contribution in [2.45, 2.75) is 6.54 Å². The molecule has 0 aliphatic rings. The molecule has 0 fully saturated rings. The van der Waals surface area contributed by atoms with Crippen LogP contribution in [0.1, 0.15) is 0 Å². The van der Waals surface area contributed by atoms with E-state index in [1.54, 1.807) is 23.8 Å². The van der Waals surface area contributed by atoms with Crippen molar-refractivity contribution in [3.8, 4) is 11.4 Å². The Balaban J connectivity index is 2.17. The van der Waals surface area contributed by atoms with Crippen LogP contribution < -0.4 is 11.0 Å². The molecule has 2 aromatic carbocycles. The molecule has 2 aromatic heterocycles. The van der Waals surface area contributed by atoms with Crippen molar-refractivity contribution in [1.82, 2.24) is 14.1 Å². The monoisotopic (exact) mass is 439 g/mol. The van der Waals surface area contributed by atoms with Gasteiger partial charge in [-0.3, -0.25) is 14.2 Å². The van der Waals surface area contributed by atoms with E-state index >= 15 is 0 Å². The van der Waals surface area contributed by atoms with Gasteiger partial charge in [-0.25, -0.2) is 4.98 Å². The average molecular weight is 440 g/mol. The highest BCUT2D eigenvalue weighted by atomic mass is 79.9. The molecule has 142 valence electrons. The number of halogens is 1. The molecule has 0 unspecified atom stereocenters. The van der Waals surface area contributed by atoms with Gasteiger partial charge < -0.3 is 9.30 Å². The van der Waals surface area contributed by atoms with E-state index in [1.165, 1.54) is 4.57 Å². The number of aromatic nitrogens is 3. The van der Waals surface area contributed by atoms with Gasteiger partial charge in [0.15, 0.2) is 5.65 Å². The van der Waals surface area contributed by atoms with Crippen LogP contribution >= 0.6 is 15.9 Å². The van der Waals surface area contributed by atoms with Gasteiger partial charge in [-0.15, -0.1) is 0 Å². The Labute approximate surface area is 169 Å². The van der Waals surface area contributed by atoms with Gasteiger partial charge in [-0.05, 0) is 24.3 Å². The fraction of sp³-hybridized carbons (Fsp3) is 0.190. The Morgan fingerprint density at radius 1 is 1.11 bits per heavy atom. The predicted octanol–water partition coefficient (Wildman–Crippen LogP) is 3.32. The van der Waals surface area contributed by atoms with E-state index in [4.69, 9.17) is 9.72 Å². The van der Waals surface area contributed by atoms with Crippen molar-refractivity contribution in [2.75, 3.05) is 13.7 Å². The molecule has 7 heteroatoms. The normalized spacial score (nSPS) is 11.4. The zero-order valence-electron chi connectivity index (χ0n) is 15.5. The first kappa shape index (κ1) is 18.6. The summed E-state index contributed by atoms with van der Waals surface area (Å²) in [5.74, 6) is 0.501. The molecule has 4 rings (SSSR count). The Kier molecular flexibility index (Phi) is 4.87. The number of para-hydroxylation sites is 1. The summed E-state index contributed by atoms with van der Waals surface area (Å²) < 4.78 is 9.37. The Bertz CT molecular complexity index is 1320. The highest BCUT2D eigenvalue weighted by Crippen LogP contribution is 2.23. The number of hydrogen-bond donors (Lipinski definition) is 0. The summed E-state index contributed by atoms with van der Waals surface area (Å²) in [5.41, 5.74) is 1.24. The molecule has 0 aliphatic carbocycles. The van der Waals surface area contributed by atoms with Crippen molar-refractivity contribution in [3.63, 3.8) is 0 Å². The molecule has 4 aromatic rings. The lowest BCUT2D eigenvalue weighted by molar-refractivity contribution is 0.186. The van der Waals surface area contributed by atoms with Crippen molar-refractivity contribution in [1.29, 1.82) is 0 Å². The summed E-state index contributed by atoms with van der Waals surface area (Å²) in [7, 11) is 3.39. The Morgan fingerprint density at radius 2 is 1.89 bits per heavy atom. The van der Waals surface area contributed by atoms with Crippen LogP contribution in [-0.4, -0.2) is 27.8 Å². The van der Waals surface area contributed by atoms with Crippen molar-refractivity contribution < 1.29 is 4.74 Å². The minimum absolute atomic E-state index is 0.0936. The second-order valence-electron chi connectivity index (χ2n) is 6.50. The summed E-state index contributed by atoms with van der Waals surface area (Å²) in [4.78, 5) is 31.2. The number of nitrogens with zero attached hydrogens (tertiary/aromatic N) is 3. The molecular weight excluding hydrogens is 422 g/mol. The van der Waals surface area contributed by atoms with Crippen molar-refractivity contribution >= 4 is 37.9 Å². The topological polar surface area (TPSA) is 66.1 Å². The predicted molar refractivity (Wildman–Crippen MR) is 114 cm³/mol. The Morgan fingerprint density at radius 3 is 2.64 bits per heavy atom. The van der Waals surface area contributed by atoms with Crippen LogP contribution in [0.5, 0.6) is 0 Å². The molecule has 0 radical (unpaired) electrons. The quantitative estimate of drug-likeness (QED) is 0.457. The van der Waals surface area contributed by atoms with Crippen LogP contribution in [0.3, 0.4) is 0 Å². The highest BCUT2D eigenvalue weighted by Gasteiger charge is 2.19. The SMILES string of the molecule is COCCn1c(-c2cccc(Br)c2)nc2c(c(=O)c3ccccc3n2C)c1=O. The number of rotatable bonds is 4. The van der Waals surface area contributed by atoms with Crippen LogP contribution in [0.15, 0.2) is 62.6 Å². The molecule has 0 N–H and O–H groups in total. The molecule has 6 nitrogen and oxygen atoms in total. The number of methoxy groups -OCH3 is 1. The van der Waals surface area contributed by atoms with Crippen LogP contribution in [-0.2, 0) is 18.3 Å². The maximum Gasteiger partial charge on any atom is 0.267 e. The maximum atomic E-state index is 13.4. The van der Waals surface area contributed by atoms with Crippen LogP contribution in [0.25, 0.3) is 33.3 Å². The molecule has 0 spiro atoms. The van der Waals surface area contributed by atoms with Crippen LogP contribution in [0, 0.1) is 0 Å². The minimum atomic E-state index is -0.358. The number of pyridine rings is 1. The van der Waals surface area contributed by atoms with Gasteiger partial charge in [0.1, 0.15) is 11.2 Å². The van der Waals surface area contributed by atoms with Gasteiger partial charge >= 0.3 is 0 Å². The van der Waals surface area contributed by atoms with Gasteiger partial charge in [-0.1, -0.05) is 40.2 Å². The van der Waals surface area contributed by atoms with Crippen LogP contribution in [0.4, 0.5) is 0 Å². The summed E-state index contributed by atoms with van der Waals surface area (Å²) in [6.45, 7) is 0.637. The van der Waals surface area contributed by atoms with Gasteiger partial charge in [0.25, 0.3) is 5.56 Å². The second kappa shape index (κ2) is 7.33. The van der Waals surface area contributed by atoms with E-state index < -0.39 is 0 Å². The molecule has 0 bridgehead atoms. The van der Waals surface area contributed by atoms with Crippen molar-refractivity contribution in [2.24, 2.45) is 7.05 Å². The first-order valence-electron chi connectivity index (χ1n) is 8.80. The summed E-state index contributed by atoms with van der Waals surface area (Å²) in [5, 5.41) is 0.598. The maximum absolute atomic E-state index is 13.4. The fourth-order valence-electron chi connectivity index (χ4n) is 3.43. The Hall–Kier alpha value is -2.77. The number of benzene rings is 2. The lowest BCUT2D eigenvalue weighted by Crippen LogP contribution is -2.30. The van der Waals surface area contributed by atoms with E-state index in [2.05, 4.69) is 15.9 Å². The highest BCUT2D eigenvalue weighted by molar-refractivity contribution is 9.10. The molecular formula is C21H18BrN3O3. The van der Waals surface area contributed by atoms with Gasteiger partial charge in [0.05, 0.1) is 18.7 Å². The van der Waals surface area contributed by atoms with Gasteiger partial charge in [-0.2, -0.15) is 0 Å². The third-order valence-corrected chi connectivity index (χ3v) is 5.30. The van der Waals surface area contributed by atoms with Crippen LogP contribution in [0.2, 0.25) is 0 Å². The summed E-state index contributed by atoms with van der Waals surface area (Å²) >= 11 is 3.47. The summed E-state index contributed by atoms with van der Waals surface area (Å²) in [6, 6.07) is 14.8. The van der Waals surface area contributed by atoms with Gasteiger partial charge in [0, 0.05) is 29.6 Å². The minimum Gasteiger partial charge on any atom is -0.383 e. The summed E-state index contributed by atoms with van der Waals surface area (Å²) in [6.07, 6.45) is 0. The first-order chi connectivity index (χ1) is 13.5. The van der Waals surface area contributed by atoms with E-state index in [1.807, 2.05) is 43.4 Å². The number of hydrogen-bond acceptors (Lipinski definition) is 4. The molecule has 2 heterocycles. The molecule has 0 amide bonds. The van der Waals surface area contributed by atoms with E-state index in [0.29, 0.717) is 30.0 Å². The lowest BCUT2D eigenvalue weighted by atomic mass is 10.1. The third-order valence-electron chi connectivity index (χ3n) is 4.81. The number of aryl methyl sites for hydroxylation is 1. The zero-order valence-corrected chi connectivity index (χ0v) is 17.1. The van der Waals surface area contributed by atoms with E-state index in [9.17, 15) is 9.59 Å². The standard InChI is InChI=1S/C21H18BrN3O3/c1-24-16-9-4-3-8-15(16)18(26)17-20(24)23-19(13-6-5-7-14(22)12-13)25(21(17)27)10-11-28-2/h3-9,12H,10-11H2,1-2H3. The molecule has 0 saturated carbocycles. The third kappa shape index (κ3) is 2.96. The van der Waals surface area contributed by atoms with Crippen molar-refractivity contribution in [3.05, 3.63) is 73.6 Å². The second-order valence-corrected chi connectivity index (χ2v) is 7.41. The number of fused-ring (bicyclic) bond motifs is 2. The largest absolute Gasteiger partial charge is 0.383 e. The molecule has 28 heavy (non-hydrogen) atoms. The molecule has 0 aliphatic heterocycles. The molecule has 0 atom stereocenters. The van der Waals surface area contributed by atoms with E-state index in [-0.39, 0.29) is 16.4 Å². The van der Waals surface area contributed by atoms with Gasteiger partial charge in [0.2, 0.25) is 5.43 Å². The zero-order chi connectivity index (χ0) is 19.8. The average Bonchev–Trinajstić information content (AvgIpc) is 2.70. The first-order valence-corrected chi connectivity index (χ1v) is 9.59. The molecule has 0 saturated heterocycles. The van der Waals surface area contributed by atoms with E-state index in [0.717, 1.165) is 15.6 Å². The fourth-order valence-corrected chi connectivity index (χ4v) is 3.83. The smallest absolute Gasteiger partial charge is 0.267 e. The lowest BCUT2D eigenvalue weighted by Gasteiger charge is -2.16.